The fourth-order valence-corrected chi connectivity index (χ4v) is 1.39. The molecule has 1 aromatic carbocycles. The van der Waals surface area contributed by atoms with Crippen molar-refractivity contribution in [3.05, 3.63) is 23.8 Å². The lowest BCUT2D eigenvalue weighted by molar-refractivity contribution is 0.260. The number of benzene rings is 1. The molecular formula is C14H18ClNO2. The lowest BCUT2D eigenvalue weighted by Gasteiger charge is -2.12. The van der Waals surface area contributed by atoms with Crippen molar-refractivity contribution in [2.24, 2.45) is 0 Å². The van der Waals surface area contributed by atoms with Crippen LogP contribution in [0.2, 0.25) is 0 Å². The van der Waals surface area contributed by atoms with Crippen LogP contribution in [0.25, 0.3) is 0 Å². The quantitative estimate of drug-likeness (QED) is 0.603. The van der Waals surface area contributed by atoms with E-state index in [2.05, 4.69) is 16.7 Å². The van der Waals surface area contributed by atoms with Gasteiger partial charge in [0.1, 0.15) is 18.1 Å². The van der Waals surface area contributed by atoms with Crippen LogP contribution in [-0.4, -0.2) is 45.1 Å². The highest BCUT2D eigenvalue weighted by atomic mass is 35.5. The van der Waals surface area contributed by atoms with Crippen molar-refractivity contribution in [1.29, 1.82) is 0 Å². The molecule has 0 radical (unpaired) electrons. The van der Waals surface area contributed by atoms with Crippen LogP contribution in [0.1, 0.15) is 5.56 Å². The summed E-state index contributed by atoms with van der Waals surface area (Å²) in [6, 6.07) is 5.58. The van der Waals surface area contributed by atoms with E-state index in [1.165, 1.54) is 0 Å². The highest BCUT2D eigenvalue weighted by Gasteiger charge is 2.04. The first kappa shape index (κ1) is 14.7. The molecule has 0 atom stereocenters. The average molecular weight is 268 g/mol. The third-order valence-electron chi connectivity index (χ3n) is 2.27. The number of ether oxygens (including phenoxy) is 2. The highest BCUT2D eigenvalue weighted by Crippen LogP contribution is 2.23. The SMILES string of the molecule is COc1ccc(OCCN(C)C)c(C#CCCl)c1. The topological polar surface area (TPSA) is 21.7 Å². The Balaban J connectivity index is 2.81. The molecule has 0 saturated carbocycles. The number of hydrogen-bond acceptors (Lipinski definition) is 3. The molecule has 0 amide bonds. The molecule has 0 aliphatic heterocycles. The monoisotopic (exact) mass is 267 g/mol. The predicted octanol–water partition coefficient (Wildman–Crippen LogP) is 2.23. The van der Waals surface area contributed by atoms with E-state index < -0.39 is 0 Å². The second-order valence-corrected chi connectivity index (χ2v) is 4.22. The van der Waals surface area contributed by atoms with Crippen LogP contribution in [0.4, 0.5) is 0 Å². The molecule has 1 rings (SSSR count). The summed E-state index contributed by atoms with van der Waals surface area (Å²) < 4.78 is 10.9. The van der Waals surface area contributed by atoms with E-state index in [1.807, 2.05) is 32.3 Å². The van der Waals surface area contributed by atoms with Crippen LogP contribution in [0.3, 0.4) is 0 Å². The van der Waals surface area contributed by atoms with E-state index in [0.29, 0.717) is 12.5 Å². The van der Waals surface area contributed by atoms with Gasteiger partial charge in [0.2, 0.25) is 0 Å². The Morgan fingerprint density at radius 2 is 2.11 bits per heavy atom. The molecule has 98 valence electrons. The van der Waals surface area contributed by atoms with Crippen LogP contribution >= 0.6 is 11.6 Å². The summed E-state index contributed by atoms with van der Waals surface area (Å²) in [4.78, 5) is 2.06. The van der Waals surface area contributed by atoms with Crippen molar-refractivity contribution in [2.45, 2.75) is 0 Å². The Labute approximate surface area is 114 Å². The number of nitrogens with zero attached hydrogens (tertiary/aromatic N) is 1. The Bertz CT molecular complexity index is 435. The molecule has 0 heterocycles. The van der Waals surface area contributed by atoms with Crippen LogP contribution in [0.5, 0.6) is 11.5 Å². The van der Waals surface area contributed by atoms with Gasteiger partial charge >= 0.3 is 0 Å². The Morgan fingerprint density at radius 3 is 2.72 bits per heavy atom. The second kappa shape index (κ2) is 7.86. The van der Waals surface area contributed by atoms with Gasteiger partial charge in [-0.2, -0.15) is 0 Å². The number of likely N-dealkylation sites (N-methyl/N-ethyl adjacent to an activating group) is 1. The van der Waals surface area contributed by atoms with Crippen LogP contribution in [0, 0.1) is 11.8 Å². The summed E-state index contributed by atoms with van der Waals surface area (Å²) in [5.74, 6) is 7.62. The maximum atomic E-state index is 5.70. The largest absolute Gasteiger partial charge is 0.497 e. The maximum Gasteiger partial charge on any atom is 0.135 e. The molecule has 0 aromatic heterocycles. The third-order valence-corrected chi connectivity index (χ3v) is 2.41. The van der Waals surface area contributed by atoms with Gasteiger partial charge in [0.25, 0.3) is 0 Å². The summed E-state index contributed by atoms with van der Waals surface area (Å²) >= 11 is 5.57. The average Bonchev–Trinajstić information content (AvgIpc) is 2.36. The van der Waals surface area contributed by atoms with E-state index in [9.17, 15) is 0 Å². The lowest BCUT2D eigenvalue weighted by Crippen LogP contribution is -2.19. The molecule has 3 nitrogen and oxygen atoms in total. The molecule has 0 fully saturated rings. The van der Waals surface area contributed by atoms with Crippen LogP contribution in [0.15, 0.2) is 18.2 Å². The van der Waals surface area contributed by atoms with Crippen LogP contribution in [-0.2, 0) is 0 Å². The Hall–Kier alpha value is -1.37. The number of hydrogen-bond donors (Lipinski definition) is 0. The van der Waals surface area contributed by atoms with Crippen molar-refractivity contribution < 1.29 is 9.47 Å². The molecule has 1 aromatic rings. The molecule has 0 aliphatic rings. The van der Waals surface area contributed by atoms with E-state index >= 15 is 0 Å². The first-order valence-electron chi connectivity index (χ1n) is 5.67. The standard InChI is InChI=1S/C14H18ClNO2/c1-16(2)9-10-18-14-7-6-13(17-3)11-12(14)5-4-8-15/h6-7,11H,8-10H2,1-3H3. The smallest absolute Gasteiger partial charge is 0.135 e. The molecule has 0 aliphatic carbocycles. The van der Waals surface area contributed by atoms with Gasteiger partial charge in [-0.05, 0) is 32.3 Å². The van der Waals surface area contributed by atoms with Gasteiger partial charge < -0.3 is 14.4 Å². The summed E-state index contributed by atoms with van der Waals surface area (Å²) in [7, 11) is 5.64. The van der Waals surface area contributed by atoms with Crippen molar-refractivity contribution in [1.82, 2.24) is 4.90 Å². The van der Waals surface area contributed by atoms with Crippen molar-refractivity contribution in [3.63, 3.8) is 0 Å². The van der Waals surface area contributed by atoms with Gasteiger partial charge in [0.05, 0.1) is 18.6 Å². The van der Waals surface area contributed by atoms with Crippen molar-refractivity contribution in [3.8, 4) is 23.3 Å². The summed E-state index contributed by atoms with van der Waals surface area (Å²) in [6.45, 7) is 1.48. The number of rotatable bonds is 5. The predicted molar refractivity (Wildman–Crippen MR) is 74.6 cm³/mol. The third kappa shape index (κ3) is 4.87. The Morgan fingerprint density at radius 1 is 1.33 bits per heavy atom. The van der Waals surface area contributed by atoms with E-state index in [4.69, 9.17) is 21.1 Å². The van der Waals surface area contributed by atoms with E-state index in [0.717, 1.165) is 23.6 Å². The van der Waals surface area contributed by atoms with Gasteiger partial charge in [-0.15, -0.1) is 11.6 Å². The number of methoxy groups -OCH3 is 1. The molecular weight excluding hydrogens is 250 g/mol. The number of halogens is 1. The normalized spacial score (nSPS) is 9.83. The van der Waals surface area contributed by atoms with Gasteiger partial charge in [0.15, 0.2) is 0 Å². The van der Waals surface area contributed by atoms with E-state index in [1.54, 1.807) is 7.11 Å². The molecule has 18 heavy (non-hydrogen) atoms. The van der Waals surface area contributed by atoms with Gasteiger partial charge in [-0.1, -0.05) is 11.8 Å². The molecule has 4 heteroatoms. The summed E-state index contributed by atoms with van der Waals surface area (Å²) in [5, 5.41) is 0. The van der Waals surface area contributed by atoms with Crippen molar-refractivity contribution >= 4 is 11.6 Å². The Kier molecular flexibility index (Phi) is 6.42. The maximum absolute atomic E-state index is 5.70. The van der Waals surface area contributed by atoms with Crippen molar-refractivity contribution in [2.75, 3.05) is 40.2 Å². The van der Waals surface area contributed by atoms with Gasteiger partial charge in [-0.25, -0.2) is 0 Å². The minimum atomic E-state index is 0.300. The van der Waals surface area contributed by atoms with E-state index in [-0.39, 0.29) is 0 Å². The first-order chi connectivity index (χ1) is 8.67. The fourth-order valence-electron chi connectivity index (χ4n) is 1.33. The summed E-state index contributed by atoms with van der Waals surface area (Å²) in [6.07, 6.45) is 0. The molecule has 0 spiro atoms. The molecule has 0 N–H and O–H groups in total. The van der Waals surface area contributed by atoms with Gasteiger partial charge in [0, 0.05) is 6.54 Å². The van der Waals surface area contributed by atoms with Gasteiger partial charge in [-0.3, -0.25) is 0 Å². The minimum Gasteiger partial charge on any atom is -0.497 e. The zero-order chi connectivity index (χ0) is 13.4. The molecule has 0 bridgehead atoms. The minimum absolute atomic E-state index is 0.300. The number of alkyl halides is 1. The molecule has 0 saturated heterocycles. The zero-order valence-electron chi connectivity index (χ0n) is 11.0. The zero-order valence-corrected chi connectivity index (χ0v) is 11.8. The summed E-state index contributed by atoms with van der Waals surface area (Å²) in [5.41, 5.74) is 0.800. The lowest BCUT2D eigenvalue weighted by atomic mass is 10.2. The van der Waals surface area contributed by atoms with Crippen LogP contribution < -0.4 is 9.47 Å². The molecule has 0 unspecified atom stereocenters. The first-order valence-corrected chi connectivity index (χ1v) is 6.21. The second-order valence-electron chi connectivity index (χ2n) is 3.95. The fraction of sp³-hybridized carbons (Fsp3) is 0.429. The highest BCUT2D eigenvalue weighted by molar-refractivity contribution is 6.19.